The molecular weight excluding hydrogens is 252 g/mol. The molecule has 98 valence electrons. The first kappa shape index (κ1) is 17.9. The molecule has 0 aliphatic rings. The Morgan fingerprint density at radius 3 is 2.22 bits per heavy atom. The van der Waals surface area contributed by atoms with E-state index in [0.717, 1.165) is 18.4 Å². The molecule has 0 saturated heterocycles. The van der Waals surface area contributed by atoms with Gasteiger partial charge in [-0.1, -0.05) is 39.8 Å². The summed E-state index contributed by atoms with van der Waals surface area (Å²) in [7, 11) is 0. The molecule has 0 heterocycles. The Morgan fingerprint density at radius 1 is 1.22 bits per heavy atom. The number of aromatic carboxylic acids is 1. The average molecular weight is 276 g/mol. The number of carboxylic acids is 1. The molecule has 0 fully saturated rings. The van der Waals surface area contributed by atoms with Crippen molar-refractivity contribution in [2.45, 2.75) is 52.4 Å². The van der Waals surface area contributed by atoms with Crippen LogP contribution in [0.5, 0.6) is 0 Å². The van der Waals surface area contributed by atoms with Crippen molar-refractivity contribution < 1.29 is 12.8 Å². The molecule has 0 spiro atoms. The number of benzene rings is 1. The topological polar surface area (TPSA) is 37.3 Å². The number of hydrogen-bond donors (Lipinski definition) is 1. The van der Waals surface area contributed by atoms with Crippen molar-refractivity contribution in [1.29, 1.82) is 0 Å². The monoisotopic (exact) mass is 276 g/mol. The minimum absolute atomic E-state index is 0. The van der Waals surface area contributed by atoms with Crippen LogP contribution in [-0.4, -0.2) is 48.8 Å². The standard InChI is InChI=1S/C15H22O2.Ca.2H/c1-5-10(3)12-7-8-13(15(16)17)14(9-12)11(4)6-2;;;/h7-11H,5-6H2,1-4H3,(H,16,17);;;/q;+2;2*-1. The molecule has 2 unspecified atom stereocenters. The molecule has 1 rings (SSSR count). The quantitative estimate of drug-likeness (QED) is 0.816. The van der Waals surface area contributed by atoms with Crippen LogP contribution in [0, 0.1) is 0 Å². The SMILES string of the molecule is CCC(C)c1ccc(C(=O)O)c(C(C)CC)c1.[Ca+2].[H-].[H-]. The molecule has 0 aliphatic carbocycles. The molecule has 1 N–H and O–H groups in total. The van der Waals surface area contributed by atoms with Crippen molar-refractivity contribution >= 4 is 43.7 Å². The van der Waals surface area contributed by atoms with E-state index in [1.54, 1.807) is 6.07 Å². The van der Waals surface area contributed by atoms with E-state index in [4.69, 9.17) is 0 Å². The van der Waals surface area contributed by atoms with E-state index in [2.05, 4.69) is 33.8 Å². The summed E-state index contributed by atoms with van der Waals surface area (Å²) >= 11 is 0. The van der Waals surface area contributed by atoms with Gasteiger partial charge in [0, 0.05) is 0 Å². The molecule has 0 amide bonds. The summed E-state index contributed by atoms with van der Waals surface area (Å²) < 4.78 is 0. The van der Waals surface area contributed by atoms with E-state index in [9.17, 15) is 9.90 Å². The Morgan fingerprint density at radius 2 is 1.78 bits per heavy atom. The van der Waals surface area contributed by atoms with Gasteiger partial charge in [0.2, 0.25) is 0 Å². The summed E-state index contributed by atoms with van der Waals surface area (Å²) in [5, 5.41) is 9.20. The molecule has 0 bridgehead atoms. The molecule has 3 heteroatoms. The van der Waals surface area contributed by atoms with E-state index in [1.807, 2.05) is 6.07 Å². The van der Waals surface area contributed by atoms with Gasteiger partial charge in [0.1, 0.15) is 0 Å². The first-order valence-corrected chi connectivity index (χ1v) is 6.38. The van der Waals surface area contributed by atoms with Crippen LogP contribution in [0.2, 0.25) is 0 Å². The van der Waals surface area contributed by atoms with Crippen LogP contribution in [0.4, 0.5) is 0 Å². The van der Waals surface area contributed by atoms with E-state index in [-0.39, 0.29) is 40.6 Å². The zero-order valence-electron chi connectivity index (χ0n) is 13.9. The van der Waals surface area contributed by atoms with E-state index in [1.165, 1.54) is 5.56 Å². The molecule has 2 atom stereocenters. The first-order chi connectivity index (χ1) is 8.01. The van der Waals surface area contributed by atoms with Crippen molar-refractivity contribution in [3.8, 4) is 0 Å². The number of carbonyl (C=O) groups is 1. The van der Waals surface area contributed by atoms with E-state index < -0.39 is 5.97 Å². The van der Waals surface area contributed by atoms with Crippen molar-refractivity contribution in [2.24, 2.45) is 0 Å². The van der Waals surface area contributed by atoms with Crippen LogP contribution in [-0.2, 0) is 0 Å². The summed E-state index contributed by atoms with van der Waals surface area (Å²) in [6.07, 6.45) is 2.04. The Balaban J connectivity index is -0.000000963. The van der Waals surface area contributed by atoms with Crippen molar-refractivity contribution in [3.63, 3.8) is 0 Å². The predicted octanol–water partition coefficient (Wildman–Crippen LogP) is 4.26. The Labute approximate surface area is 143 Å². The maximum absolute atomic E-state index is 11.2. The molecule has 0 radical (unpaired) electrons. The second kappa shape index (κ2) is 8.19. The smallest absolute Gasteiger partial charge is 1.00 e. The van der Waals surface area contributed by atoms with Gasteiger partial charge in [-0.05, 0) is 41.9 Å². The normalized spacial score (nSPS) is 13.6. The maximum Gasteiger partial charge on any atom is 2.00 e. The van der Waals surface area contributed by atoms with Gasteiger partial charge >= 0.3 is 43.7 Å². The Hall–Kier alpha value is -0.0503. The largest absolute Gasteiger partial charge is 2.00 e. The molecule has 0 aromatic heterocycles. The van der Waals surface area contributed by atoms with Crippen LogP contribution in [0.3, 0.4) is 0 Å². The number of rotatable bonds is 5. The van der Waals surface area contributed by atoms with Gasteiger partial charge in [-0.25, -0.2) is 4.79 Å². The van der Waals surface area contributed by atoms with Crippen molar-refractivity contribution in [3.05, 3.63) is 34.9 Å². The van der Waals surface area contributed by atoms with Crippen LogP contribution in [0.1, 0.15) is 76.7 Å². The predicted molar refractivity (Wildman–Crippen MR) is 78.8 cm³/mol. The molecular formula is C15H24CaO2. The molecule has 1 aromatic carbocycles. The summed E-state index contributed by atoms with van der Waals surface area (Å²) in [6.45, 7) is 8.50. The fourth-order valence-corrected chi connectivity index (χ4v) is 1.95. The zero-order chi connectivity index (χ0) is 13.0. The van der Waals surface area contributed by atoms with Gasteiger partial charge in [-0.2, -0.15) is 0 Å². The Kier molecular flexibility index (Phi) is 8.16. The summed E-state index contributed by atoms with van der Waals surface area (Å²) in [5.74, 6) is -0.0400. The summed E-state index contributed by atoms with van der Waals surface area (Å²) in [6, 6.07) is 5.78. The molecule has 2 nitrogen and oxygen atoms in total. The van der Waals surface area contributed by atoms with Crippen molar-refractivity contribution in [1.82, 2.24) is 0 Å². The first-order valence-electron chi connectivity index (χ1n) is 6.38. The maximum atomic E-state index is 11.2. The fraction of sp³-hybridized carbons (Fsp3) is 0.533. The zero-order valence-corrected chi connectivity index (χ0v) is 14.1. The third-order valence-electron chi connectivity index (χ3n) is 3.63. The van der Waals surface area contributed by atoms with Gasteiger partial charge in [0.25, 0.3) is 0 Å². The van der Waals surface area contributed by atoms with Crippen LogP contribution in [0.15, 0.2) is 18.2 Å². The van der Waals surface area contributed by atoms with Gasteiger partial charge < -0.3 is 7.96 Å². The third-order valence-corrected chi connectivity index (χ3v) is 3.63. The molecule has 0 saturated carbocycles. The van der Waals surface area contributed by atoms with Crippen molar-refractivity contribution in [2.75, 3.05) is 0 Å². The second-order valence-corrected chi connectivity index (χ2v) is 4.77. The second-order valence-electron chi connectivity index (χ2n) is 4.77. The Bertz CT molecular complexity index is 411. The number of carboxylic acid groups (broad SMARTS) is 1. The molecule has 18 heavy (non-hydrogen) atoms. The van der Waals surface area contributed by atoms with Gasteiger partial charge in [-0.15, -0.1) is 0 Å². The minimum Gasteiger partial charge on any atom is -1.00 e. The molecule has 1 aromatic rings. The van der Waals surface area contributed by atoms with Crippen LogP contribution < -0.4 is 0 Å². The fourth-order valence-electron chi connectivity index (χ4n) is 1.95. The summed E-state index contributed by atoms with van der Waals surface area (Å²) in [4.78, 5) is 11.2. The van der Waals surface area contributed by atoms with E-state index >= 15 is 0 Å². The van der Waals surface area contributed by atoms with Gasteiger partial charge in [0.05, 0.1) is 5.56 Å². The minimum atomic E-state index is -0.823. The third kappa shape index (κ3) is 4.25. The number of hydrogen-bond acceptors (Lipinski definition) is 1. The van der Waals surface area contributed by atoms with E-state index in [0.29, 0.717) is 17.4 Å². The van der Waals surface area contributed by atoms with Crippen LogP contribution in [0.25, 0.3) is 0 Å². The molecule has 0 aliphatic heterocycles. The summed E-state index contributed by atoms with van der Waals surface area (Å²) in [5.41, 5.74) is 2.66. The average Bonchev–Trinajstić information content (AvgIpc) is 2.35. The van der Waals surface area contributed by atoms with Gasteiger partial charge in [-0.3, -0.25) is 0 Å². The van der Waals surface area contributed by atoms with Gasteiger partial charge in [0.15, 0.2) is 0 Å². The van der Waals surface area contributed by atoms with Crippen LogP contribution >= 0.6 is 0 Å².